The van der Waals surface area contributed by atoms with Gasteiger partial charge in [-0.25, -0.2) is 8.42 Å². The first-order valence-corrected chi connectivity index (χ1v) is 6.60. The Morgan fingerprint density at radius 2 is 2.18 bits per heavy atom. The molecule has 0 saturated carbocycles. The molecule has 0 aliphatic carbocycles. The topological polar surface area (TPSA) is 109 Å². The maximum Gasteiger partial charge on any atom is 0.325 e. The van der Waals surface area contributed by atoms with E-state index < -0.39 is 22.0 Å². The van der Waals surface area contributed by atoms with E-state index in [0.29, 0.717) is 11.3 Å². The normalized spacial score (nSPS) is 13.1. The summed E-state index contributed by atoms with van der Waals surface area (Å²) in [6.07, 6.45) is 0. The number of anilines is 1. The first-order chi connectivity index (χ1) is 7.85. The van der Waals surface area contributed by atoms with E-state index in [1.54, 1.807) is 6.07 Å². The van der Waals surface area contributed by atoms with Gasteiger partial charge >= 0.3 is 5.97 Å². The number of rotatable bonds is 5. The van der Waals surface area contributed by atoms with Crippen LogP contribution >= 0.6 is 0 Å². The van der Waals surface area contributed by atoms with Gasteiger partial charge in [0.05, 0.1) is 5.75 Å². The van der Waals surface area contributed by atoms with E-state index in [9.17, 15) is 13.2 Å². The molecule has 0 aliphatic heterocycles. The lowest BCUT2D eigenvalue weighted by Gasteiger charge is -2.10. The van der Waals surface area contributed by atoms with Crippen molar-refractivity contribution in [2.75, 3.05) is 10.5 Å². The summed E-state index contributed by atoms with van der Waals surface area (Å²) in [4.78, 5) is 10.7. The first kappa shape index (κ1) is 13.5. The van der Waals surface area contributed by atoms with E-state index in [-0.39, 0.29) is 5.75 Å². The number of carboxylic acid groups (broad SMARTS) is 1. The molecule has 0 saturated heterocycles. The summed E-state index contributed by atoms with van der Waals surface area (Å²) in [7, 11) is -3.37. The van der Waals surface area contributed by atoms with E-state index >= 15 is 0 Å². The minimum Gasteiger partial charge on any atom is -0.480 e. The third kappa shape index (κ3) is 3.72. The van der Waals surface area contributed by atoms with Crippen molar-refractivity contribution in [2.45, 2.75) is 13.0 Å². The number of sulfonamides is 1. The zero-order valence-electron chi connectivity index (χ0n) is 9.25. The molecule has 0 aromatic heterocycles. The molecule has 0 spiro atoms. The number of nitrogens with one attached hydrogen (secondary N) is 1. The lowest BCUT2D eigenvalue weighted by molar-refractivity contribution is -0.138. The fourth-order valence-corrected chi connectivity index (χ4v) is 1.82. The predicted octanol–water partition coefficient (Wildman–Crippen LogP) is 0.533. The fraction of sp³-hybridized carbons (Fsp3) is 0.300. The third-order valence-corrected chi connectivity index (χ3v) is 3.47. The van der Waals surface area contributed by atoms with E-state index in [1.165, 1.54) is 25.1 Å². The van der Waals surface area contributed by atoms with Crippen LogP contribution in [-0.2, 0) is 14.8 Å². The Balaban J connectivity index is 2.98. The number of aliphatic carboxylic acids is 1. The van der Waals surface area contributed by atoms with Crippen LogP contribution < -0.4 is 10.5 Å². The molecular formula is C10H14N2O4S. The zero-order valence-corrected chi connectivity index (χ0v) is 10.1. The molecule has 6 nitrogen and oxygen atoms in total. The molecule has 1 aromatic carbocycles. The Labute approximate surface area is 99.5 Å². The van der Waals surface area contributed by atoms with Gasteiger partial charge in [0, 0.05) is 5.69 Å². The minimum absolute atomic E-state index is 0.0534. The second-order valence-electron chi connectivity index (χ2n) is 3.45. The smallest absolute Gasteiger partial charge is 0.325 e. The Morgan fingerprint density at radius 3 is 2.71 bits per heavy atom. The van der Waals surface area contributed by atoms with Gasteiger partial charge in [0.1, 0.15) is 6.04 Å². The maximum atomic E-state index is 11.3. The largest absolute Gasteiger partial charge is 0.480 e. The van der Waals surface area contributed by atoms with Crippen molar-refractivity contribution in [2.24, 2.45) is 5.73 Å². The molecule has 4 N–H and O–H groups in total. The molecule has 0 amide bonds. The monoisotopic (exact) mass is 258 g/mol. The van der Waals surface area contributed by atoms with Crippen molar-refractivity contribution < 1.29 is 18.3 Å². The van der Waals surface area contributed by atoms with Crippen LogP contribution in [0.15, 0.2) is 24.3 Å². The molecule has 0 heterocycles. The van der Waals surface area contributed by atoms with E-state index in [2.05, 4.69) is 4.72 Å². The van der Waals surface area contributed by atoms with Gasteiger partial charge in [0.2, 0.25) is 10.0 Å². The SMILES string of the molecule is CCS(=O)(=O)Nc1cccc(C(N)C(=O)O)c1. The van der Waals surface area contributed by atoms with Crippen LogP contribution in [0.4, 0.5) is 5.69 Å². The Kier molecular flexibility index (Phi) is 4.08. The highest BCUT2D eigenvalue weighted by Crippen LogP contribution is 2.17. The molecule has 7 heteroatoms. The minimum atomic E-state index is -3.37. The molecular weight excluding hydrogens is 244 g/mol. The molecule has 0 bridgehead atoms. The summed E-state index contributed by atoms with van der Waals surface area (Å²) < 4.78 is 25.0. The molecule has 1 aromatic rings. The summed E-state index contributed by atoms with van der Waals surface area (Å²) >= 11 is 0. The van der Waals surface area contributed by atoms with Crippen LogP contribution in [0.5, 0.6) is 0 Å². The summed E-state index contributed by atoms with van der Waals surface area (Å²) in [6.45, 7) is 1.51. The average Bonchev–Trinajstić information content (AvgIpc) is 2.27. The van der Waals surface area contributed by atoms with Crippen molar-refractivity contribution >= 4 is 21.7 Å². The Morgan fingerprint density at radius 1 is 1.53 bits per heavy atom. The number of nitrogens with two attached hydrogens (primary N) is 1. The maximum absolute atomic E-state index is 11.3. The van der Waals surface area contributed by atoms with Crippen LogP contribution in [-0.4, -0.2) is 25.2 Å². The van der Waals surface area contributed by atoms with Gasteiger partial charge in [-0.2, -0.15) is 0 Å². The van der Waals surface area contributed by atoms with Crippen molar-refractivity contribution in [3.63, 3.8) is 0 Å². The van der Waals surface area contributed by atoms with Crippen LogP contribution in [0.1, 0.15) is 18.5 Å². The lowest BCUT2D eigenvalue weighted by Crippen LogP contribution is -2.21. The predicted molar refractivity (Wildman–Crippen MR) is 64.1 cm³/mol. The third-order valence-electron chi connectivity index (χ3n) is 2.17. The molecule has 94 valence electrons. The van der Waals surface area contributed by atoms with Gasteiger partial charge in [0.25, 0.3) is 0 Å². The van der Waals surface area contributed by atoms with Gasteiger partial charge in [-0.1, -0.05) is 12.1 Å². The summed E-state index contributed by atoms with van der Waals surface area (Å²) in [5.74, 6) is -1.22. The second kappa shape index (κ2) is 5.15. The van der Waals surface area contributed by atoms with E-state index in [4.69, 9.17) is 10.8 Å². The number of benzene rings is 1. The van der Waals surface area contributed by atoms with Crippen molar-refractivity contribution in [1.29, 1.82) is 0 Å². The highest BCUT2D eigenvalue weighted by molar-refractivity contribution is 7.92. The molecule has 17 heavy (non-hydrogen) atoms. The van der Waals surface area contributed by atoms with Gasteiger partial charge < -0.3 is 10.8 Å². The summed E-state index contributed by atoms with van der Waals surface area (Å²) in [5, 5.41) is 8.74. The second-order valence-corrected chi connectivity index (χ2v) is 5.46. The Bertz CT molecular complexity index is 513. The first-order valence-electron chi connectivity index (χ1n) is 4.94. The molecule has 1 rings (SSSR count). The number of hydrogen-bond acceptors (Lipinski definition) is 4. The van der Waals surface area contributed by atoms with Crippen molar-refractivity contribution in [3.05, 3.63) is 29.8 Å². The fourth-order valence-electron chi connectivity index (χ4n) is 1.19. The van der Waals surface area contributed by atoms with Crippen LogP contribution in [0.2, 0.25) is 0 Å². The quantitative estimate of drug-likeness (QED) is 0.713. The van der Waals surface area contributed by atoms with Crippen LogP contribution in [0.3, 0.4) is 0 Å². The molecule has 0 fully saturated rings. The molecule has 0 aliphatic rings. The van der Waals surface area contributed by atoms with Gasteiger partial charge in [0.15, 0.2) is 0 Å². The van der Waals surface area contributed by atoms with Gasteiger partial charge in [-0.15, -0.1) is 0 Å². The molecule has 1 atom stereocenters. The lowest BCUT2D eigenvalue weighted by atomic mass is 10.1. The van der Waals surface area contributed by atoms with Crippen molar-refractivity contribution in [3.8, 4) is 0 Å². The van der Waals surface area contributed by atoms with E-state index in [0.717, 1.165) is 0 Å². The average molecular weight is 258 g/mol. The zero-order chi connectivity index (χ0) is 13.1. The van der Waals surface area contributed by atoms with Gasteiger partial charge in [-0.05, 0) is 24.6 Å². The van der Waals surface area contributed by atoms with E-state index in [1.807, 2.05) is 0 Å². The summed E-state index contributed by atoms with van der Waals surface area (Å²) in [6, 6.07) is 4.85. The molecule has 1 unspecified atom stereocenters. The Hall–Kier alpha value is -1.60. The highest BCUT2D eigenvalue weighted by Gasteiger charge is 2.15. The van der Waals surface area contributed by atoms with Crippen LogP contribution in [0, 0.1) is 0 Å². The molecule has 0 radical (unpaired) electrons. The van der Waals surface area contributed by atoms with Crippen LogP contribution in [0.25, 0.3) is 0 Å². The van der Waals surface area contributed by atoms with Gasteiger partial charge in [-0.3, -0.25) is 9.52 Å². The standard InChI is InChI=1S/C10H14N2O4S/c1-2-17(15,16)12-8-5-3-4-7(6-8)9(11)10(13)14/h3-6,9,12H,2,11H2,1H3,(H,13,14). The highest BCUT2D eigenvalue weighted by atomic mass is 32.2. The number of carbonyl (C=O) groups is 1. The number of carboxylic acids is 1. The summed E-state index contributed by atoms with van der Waals surface area (Å²) in [5.41, 5.74) is 6.07. The number of hydrogen-bond donors (Lipinski definition) is 3. The van der Waals surface area contributed by atoms with Crippen molar-refractivity contribution in [1.82, 2.24) is 0 Å².